The van der Waals surface area contributed by atoms with Crippen LogP contribution in [0.5, 0.6) is 0 Å². The number of aromatic carboxylic acids is 1. The highest BCUT2D eigenvalue weighted by Gasteiger charge is 2.27. The number of ether oxygens (including phenoxy) is 1. The van der Waals surface area contributed by atoms with Crippen LogP contribution in [-0.4, -0.2) is 92.2 Å². The van der Waals surface area contributed by atoms with Crippen LogP contribution in [0.25, 0.3) is 10.9 Å². The number of hydrogen-bond acceptors (Lipinski definition) is 10. The lowest BCUT2D eigenvalue weighted by atomic mass is 10.0. The zero-order valence-electron chi connectivity index (χ0n) is 32.2. The number of piperazine rings is 1. The zero-order chi connectivity index (χ0) is 41.4. The van der Waals surface area contributed by atoms with Crippen LogP contribution in [0.15, 0.2) is 53.6 Å². The van der Waals surface area contributed by atoms with Gasteiger partial charge in [0.05, 0.1) is 23.4 Å². The molecule has 18 nitrogen and oxygen atoms in total. The van der Waals surface area contributed by atoms with Crippen LogP contribution in [-0.2, 0) is 27.5 Å². The third-order valence-corrected chi connectivity index (χ3v) is 9.63. The fourth-order valence-corrected chi connectivity index (χ4v) is 6.61. The first-order valence-corrected chi connectivity index (χ1v) is 18.5. The van der Waals surface area contributed by atoms with Crippen molar-refractivity contribution in [1.29, 1.82) is 0 Å². The van der Waals surface area contributed by atoms with Gasteiger partial charge in [0.25, 0.3) is 0 Å². The van der Waals surface area contributed by atoms with E-state index in [-0.39, 0.29) is 61.5 Å². The minimum atomic E-state index is -1.38. The summed E-state index contributed by atoms with van der Waals surface area (Å²) < 4.78 is 23.9. The van der Waals surface area contributed by atoms with Gasteiger partial charge >= 0.3 is 18.1 Å². The van der Waals surface area contributed by atoms with Crippen LogP contribution in [0.4, 0.5) is 25.4 Å². The molecule has 0 saturated carbocycles. The number of halogens is 1. The molecule has 5 rings (SSSR count). The van der Waals surface area contributed by atoms with Crippen molar-refractivity contribution in [3.8, 4) is 0 Å². The fraction of sp³-hybridized carbons (Fsp3) is 0.421. The lowest BCUT2D eigenvalue weighted by Crippen LogP contribution is -2.49. The van der Waals surface area contributed by atoms with E-state index in [1.807, 2.05) is 13.8 Å². The molecule has 2 atom stereocenters. The number of pyridine rings is 1. The minimum absolute atomic E-state index is 0.00481. The van der Waals surface area contributed by atoms with Gasteiger partial charge in [-0.3, -0.25) is 14.4 Å². The van der Waals surface area contributed by atoms with Crippen molar-refractivity contribution in [2.45, 2.75) is 65.8 Å². The van der Waals surface area contributed by atoms with Crippen molar-refractivity contribution < 1.29 is 38.2 Å². The largest absolute Gasteiger partial charge is 0.477 e. The van der Waals surface area contributed by atoms with E-state index in [0.29, 0.717) is 48.5 Å². The van der Waals surface area contributed by atoms with Crippen molar-refractivity contribution >= 4 is 52.2 Å². The maximum Gasteiger partial charge on any atom is 0.410 e. The van der Waals surface area contributed by atoms with Crippen molar-refractivity contribution in [3.05, 3.63) is 81.7 Å². The Labute approximate surface area is 327 Å². The van der Waals surface area contributed by atoms with Crippen molar-refractivity contribution in [2.24, 2.45) is 11.7 Å². The molecule has 1 unspecified atom stereocenters. The van der Waals surface area contributed by atoms with Gasteiger partial charge in [-0.05, 0) is 55.5 Å². The second-order valence-electron chi connectivity index (χ2n) is 14.0. The highest BCUT2D eigenvalue weighted by molar-refractivity contribution is 5.94. The number of nitrogens with zero attached hydrogens (tertiary/aromatic N) is 6. The van der Waals surface area contributed by atoms with Gasteiger partial charge in [0, 0.05) is 63.5 Å². The Morgan fingerprint density at radius 3 is 2.35 bits per heavy atom. The Balaban J connectivity index is 1.17. The Morgan fingerprint density at radius 1 is 1.04 bits per heavy atom. The smallest absolute Gasteiger partial charge is 0.410 e. The molecule has 1 saturated heterocycles. The van der Waals surface area contributed by atoms with Gasteiger partial charge in [0.1, 0.15) is 29.7 Å². The van der Waals surface area contributed by atoms with Crippen molar-refractivity contribution in [3.63, 3.8) is 0 Å². The summed E-state index contributed by atoms with van der Waals surface area (Å²) in [5.74, 6) is -2.66. The molecular weight excluding hydrogens is 743 g/mol. The second kappa shape index (κ2) is 18.4. The highest BCUT2D eigenvalue weighted by Crippen LogP contribution is 2.27. The number of amides is 5. The Kier molecular flexibility index (Phi) is 13.4. The van der Waals surface area contributed by atoms with E-state index in [1.165, 1.54) is 28.8 Å². The van der Waals surface area contributed by atoms with E-state index in [0.717, 1.165) is 6.07 Å². The summed E-state index contributed by atoms with van der Waals surface area (Å²) in [7, 11) is 0. The van der Waals surface area contributed by atoms with Gasteiger partial charge in [-0.25, -0.2) is 23.5 Å². The van der Waals surface area contributed by atoms with Gasteiger partial charge < -0.3 is 45.9 Å². The summed E-state index contributed by atoms with van der Waals surface area (Å²) in [6, 6.07) is 7.46. The number of primary amides is 1. The highest BCUT2D eigenvalue weighted by atomic mass is 19.1. The van der Waals surface area contributed by atoms with Crippen LogP contribution in [0.2, 0.25) is 0 Å². The first kappa shape index (κ1) is 41.6. The molecule has 5 amide bonds. The average Bonchev–Trinajstić information content (AvgIpc) is 3.65. The first-order chi connectivity index (χ1) is 27.2. The van der Waals surface area contributed by atoms with Crippen LogP contribution in [0.3, 0.4) is 0 Å². The number of aromatic nitrogens is 4. The molecule has 304 valence electrons. The summed E-state index contributed by atoms with van der Waals surface area (Å²) in [6.45, 7) is 8.72. The molecule has 0 radical (unpaired) electrons. The predicted octanol–water partition coefficient (Wildman–Crippen LogP) is 3.37. The fourth-order valence-electron chi connectivity index (χ4n) is 6.61. The average molecular weight is 791 g/mol. The maximum absolute atomic E-state index is 15.3. The third-order valence-electron chi connectivity index (χ3n) is 9.63. The molecule has 0 spiro atoms. The molecular formula is C38H47FN10O8. The number of nitrogens with one attached hydrogen (secondary N) is 3. The van der Waals surface area contributed by atoms with Crippen molar-refractivity contribution in [1.82, 2.24) is 35.1 Å². The number of benzene rings is 2. The standard InChI is InChI=1S/C38H47FN10O8/c1-5-46-19-27(36(53)54)34(51)26-17-28(39)32(18-31(26)46)47-13-15-48(16-14-47)38(56)57-21-24-8-10-25(11-9-24)43-35(52)30(7-6-12-41-37(40)55)49-20-29(44-45-49)33(22(2)3)42-23(4)50/h8-11,17-20,22,30,33H,5-7,12-16,21H2,1-4H3,(H,42,50)(H,43,52)(H,53,54)(H3,40,41,55)/t30?,33-/m0/s1. The molecule has 1 fully saturated rings. The van der Waals surface area contributed by atoms with Crippen LogP contribution in [0.1, 0.15) is 74.2 Å². The number of urea groups is 1. The number of nitrogens with two attached hydrogens (primary N) is 1. The number of carboxylic acid groups (broad SMARTS) is 1. The number of carbonyl (C=O) groups excluding carboxylic acids is 4. The van der Waals surface area contributed by atoms with Crippen molar-refractivity contribution in [2.75, 3.05) is 42.9 Å². The quantitative estimate of drug-likeness (QED) is 0.110. The number of carboxylic acids is 1. The molecule has 19 heteroatoms. The van der Waals surface area contributed by atoms with Gasteiger partial charge in [0.15, 0.2) is 0 Å². The van der Waals surface area contributed by atoms with E-state index in [2.05, 4.69) is 26.3 Å². The SMILES string of the molecule is CCn1cc(C(=O)O)c(=O)c2cc(F)c(N3CCN(C(=O)OCc4ccc(NC(=O)C(CCCNC(N)=O)n5cc([C@@H](NC(C)=O)C(C)C)nn5)cc4)CC3)cc21. The summed E-state index contributed by atoms with van der Waals surface area (Å²) in [4.78, 5) is 77.1. The van der Waals surface area contributed by atoms with E-state index in [9.17, 15) is 33.9 Å². The molecule has 3 heterocycles. The van der Waals surface area contributed by atoms with E-state index in [1.54, 1.807) is 46.9 Å². The lowest BCUT2D eigenvalue weighted by molar-refractivity contribution is -0.120. The van der Waals surface area contributed by atoms with Gasteiger partial charge in [-0.1, -0.05) is 31.2 Å². The number of carbonyl (C=O) groups is 5. The van der Waals surface area contributed by atoms with Gasteiger partial charge in [-0.15, -0.1) is 5.10 Å². The molecule has 4 aromatic rings. The number of rotatable bonds is 15. The molecule has 2 aromatic heterocycles. The Morgan fingerprint density at radius 2 is 1.74 bits per heavy atom. The first-order valence-electron chi connectivity index (χ1n) is 18.5. The minimum Gasteiger partial charge on any atom is -0.477 e. The summed E-state index contributed by atoms with van der Waals surface area (Å²) >= 11 is 0. The zero-order valence-corrected chi connectivity index (χ0v) is 32.2. The maximum atomic E-state index is 15.3. The van der Waals surface area contributed by atoms with E-state index >= 15 is 4.39 Å². The lowest BCUT2D eigenvalue weighted by Gasteiger charge is -2.35. The molecule has 6 N–H and O–H groups in total. The number of aryl methyl sites for hydroxylation is 1. The topological polar surface area (TPSA) is 236 Å². The Hall–Kier alpha value is -6.53. The molecule has 57 heavy (non-hydrogen) atoms. The Bertz CT molecular complexity index is 2180. The van der Waals surface area contributed by atoms with Crippen LogP contribution < -0.4 is 32.0 Å². The number of hydrogen-bond donors (Lipinski definition) is 5. The van der Waals surface area contributed by atoms with E-state index in [4.69, 9.17) is 10.5 Å². The van der Waals surface area contributed by atoms with Crippen LogP contribution >= 0.6 is 0 Å². The predicted molar refractivity (Wildman–Crippen MR) is 207 cm³/mol. The summed E-state index contributed by atoms with van der Waals surface area (Å²) in [5.41, 5.74) is 6.29. The van der Waals surface area contributed by atoms with Crippen LogP contribution in [0, 0.1) is 11.7 Å². The normalized spacial score (nSPS) is 13.9. The molecule has 0 bridgehead atoms. The molecule has 1 aliphatic heterocycles. The van der Waals surface area contributed by atoms with Gasteiger partial charge in [0.2, 0.25) is 17.2 Å². The van der Waals surface area contributed by atoms with Gasteiger partial charge in [-0.2, -0.15) is 0 Å². The number of anilines is 2. The molecule has 1 aliphatic rings. The third kappa shape index (κ3) is 10.2. The summed E-state index contributed by atoms with van der Waals surface area (Å²) in [5, 5.41) is 26.1. The second-order valence-corrected chi connectivity index (χ2v) is 14.0. The van der Waals surface area contributed by atoms with E-state index < -0.39 is 47.0 Å². The molecule has 2 aromatic carbocycles. The summed E-state index contributed by atoms with van der Waals surface area (Å²) in [6.07, 6.45) is 3.03. The molecule has 0 aliphatic carbocycles. The number of fused-ring (bicyclic) bond motifs is 1. The monoisotopic (exact) mass is 790 g/mol.